The normalized spacial score (nSPS) is 16.3. The average Bonchev–Trinajstić information content (AvgIpc) is 3.44. The highest BCUT2D eigenvalue weighted by atomic mass is 19.1. The van der Waals surface area contributed by atoms with Crippen LogP contribution in [0.3, 0.4) is 0 Å². The maximum Gasteiger partial charge on any atom is 0.341 e. The summed E-state index contributed by atoms with van der Waals surface area (Å²) in [5.74, 6) is -2.12. The molecule has 302 valence electrons. The Balaban J connectivity index is 1.12. The third-order valence-corrected chi connectivity index (χ3v) is 10.6. The molecule has 3 N–H and O–H groups in total. The minimum atomic E-state index is -1.48. The molecule has 0 spiro atoms. The Hall–Kier alpha value is -6.62. The number of ether oxygens (including phenoxy) is 3. The van der Waals surface area contributed by atoms with Gasteiger partial charge in [0.05, 0.1) is 44.6 Å². The van der Waals surface area contributed by atoms with Crippen LogP contribution in [-0.2, 0) is 17.8 Å². The zero-order valence-corrected chi connectivity index (χ0v) is 32.8. The fourth-order valence-corrected chi connectivity index (χ4v) is 7.59. The Morgan fingerprint density at radius 1 is 1.05 bits per heavy atom. The van der Waals surface area contributed by atoms with Crippen LogP contribution in [0.2, 0.25) is 0 Å². The predicted octanol–water partition coefficient (Wildman–Crippen LogP) is 4.93. The van der Waals surface area contributed by atoms with E-state index >= 15 is 8.78 Å². The van der Waals surface area contributed by atoms with E-state index in [2.05, 4.69) is 15.0 Å². The Bertz CT molecular complexity index is 2550. The van der Waals surface area contributed by atoms with Crippen molar-refractivity contribution in [3.63, 3.8) is 0 Å². The van der Waals surface area contributed by atoms with E-state index in [-0.39, 0.29) is 72.3 Å². The first-order valence-electron chi connectivity index (χ1n) is 18.5. The minimum absolute atomic E-state index is 0.0119. The van der Waals surface area contributed by atoms with E-state index in [4.69, 9.17) is 19.9 Å². The maximum absolute atomic E-state index is 16.2. The van der Waals surface area contributed by atoms with Gasteiger partial charge in [-0.15, -0.1) is 0 Å². The molecule has 1 atom stereocenters. The first-order valence-corrected chi connectivity index (χ1v) is 18.5. The molecule has 4 heterocycles. The van der Waals surface area contributed by atoms with E-state index in [1.54, 1.807) is 22.9 Å². The number of carboxylic acid groups (broad SMARTS) is 1. The number of aliphatic imine (C=N–C) groups is 1. The number of carboxylic acids is 1. The number of nitrogen functional groups attached to an aromatic ring is 1. The monoisotopic (exact) mass is 796 g/mol. The summed E-state index contributed by atoms with van der Waals surface area (Å²) in [5.41, 5.74) is 8.16. The van der Waals surface area contributed by atoms with Gasteiger partial charge in [0.25, 0.3) is 11.9 Å². The molecule has 1 unspecified atom stereocenters. The van der Waals surface area contributed by atoms with Crippen LogP contribution in [0.15, 0.2) is 58.6 Å². The summed E-state index contributed by atoms with van der Waals surface area (Å²) in [6.45, 7) is 6.53. The third kappa shape index (κ3) is 7.01. The number of carbonyl (C=O) groups is 2. The van der Waals surface area contributed by atoms with Crippen molar-refractivity contribution in [3.8, 4) is 17.2 Å². The van der Waals surface area contributed by atoms with Crippen molar-refractivity contribution in [2.24, 2.45) is 4.99 Å². The largest absolute Gasteiger partial charge is 0.493 e. The standard InChI is InChI=1S/C41H42F2N8O7/c1-7-48-19-27(40(54)55)36(52)26-16-28(42)35(32(43)34(26)48)49-10-11-50(22(3)18-49)20-51-29-9-8-21(2)12-25(29)33(39(51)53)46-41-45-17-24(38(44)47-41)13-23-14-30(56-4)37(58-6)31(15-23)57-5/h8-9,12,14-17,19,22H,7,10-11,13,18,20H2,1-6H3,(H,54,55)(H2,44,45,47)/b46-33+. The molecule has 1 saturated heterocycles. The number of nitrogens with two attached hydrogens (primary N) is 1. The lowest BCUT2D eigenvalue weighted by atomic mass is 10.1. The van der Waals surface area contributed by atoms with E-state index in [1.807, 2.05) is 49.1 Å². The zero-order chi connectivity index (χ0) is 41.6. The summed E-state index contributed by atoms with van der Waals surface area (Å²) in [7, 11) is 4.59. The number of carbonyl (C=O) groups excluding carboxylic acids is 1. The van der Waals surface area contributed by atoms with Gasteiger partial charge >= 0.3 is 5.97 Å². The highest BCUT2D eigenvalue weighted by Crippen LogP contribution is 2.39. The van der Waals surface area contributed by atoms with Gasteiger partial charge < -0.3 is 34.5 Å². The molecular formula is C41H42F2N8O7. The highest BCUT2D eigenvalue weighted by molar-refractivity contribution is 6.54. The number of fused-ring (bicyclic) bond motifs is 2. The summed E-state index contributed by atoms with van der Waals surface area (Å²) in [6, 6.07) is 9.87. The van der Waals surface area contributed by atoms with Gasteiger partial charge in [-0.2, -0.15) is 4.98 Å². The van der Waals surface area contributed by atoms with Gasteiger partial charge in [0.15, 0.2) is 17.3 Å². The van der Waals surface area contributed by atoms with Gasteiger partial charge in [0.1, 0.15) is 28.6 Å². The molecule has 2 aromatic heterocycles. The van der Waals surface area contributed by atoms with E-state index in [0.29, 0.717) is 47.0 Å². The molecule has 0 saturated carbocycles. The van der Waals surface area contributed by atoms with Gasteiger partial charge in [-0.3, -0.25) is 19.4 Å². The van der Waals surface area contributed by atoms with Crippen molar-refractivity contribution in [3.05, 3.63) is 98.5 Å². The Morgan fingerprint density at radius 2 is 1.78 bits per heavy atom. The lowest BCUT2D eigenvalue weighted by Crippen LogP contribution is -2.56. The zero-order valence-electron chi connectivity index (χ0n) is 32.8. The number of rotatable bonds is 11. The van der Waals surface area contributed by atoms with Crippen LogP contribution in [-0.4, -0.2) is 95.8 Å². The number of nitrogens with zero attached hydrogens (tertiary/aromatic N) is 7. The van der Waals surface area contributed by atoms with Crippen molar-refractivity contribution >= 4 is 51.6 Å². The van der Waals surface area contributed by atoms with Crippen molar-refractivity contribution in [2.75, 3.05) is 63.2 Å². The number of benzene rings is 3. The van der Waals surface area contributed by atoms with Crippen molar-refractivity contribution in [1.82, 2.24) is 19.4 Å². The molecule has 1 amide bonds. The first-order chi connectivity index (χ1) is 27.8. The van der Waals surface area contributed by atoms with E-state index in [1.165, 1.54) is 25.9 Å². The van der Waals surface area contributed by atoms with Crippen LogP contribution in [0.5, 0.6) is 17.2 Å². The lowest BCUT2D eigenvalue weighted by Gasteiger charge is -2.42. The van der Waals surface area contributed by atoms with Crippen molar-refractivity contribution in [1.29, 1.82) is 0 Å². The predicted molar refractivity (Wildman–Crippen MR) is 214 cm³/mol. The van der Waals surface area contributed by atoms with Gasteiger partial charge in [0.2, 0.25) is 11.2 Å². The van der Waals surface area contributed by atoms with Gasteiger partial charge in [-0.25, -0.2) is 23.6 Å². The fourth-order valence-electron chi connectivity index (χ4n) is 7.59. The second kappa shape index (κ2) is 15.7. The number of methoxy groups -OCH3 is 3. The van der Waals surface area contributed by atoms with E-state index in [9.17, 15) is 19.5 Å². The molecule has 3 aromatic carbocycles. The molecule has 2 aliphatic rings. The summed E-state index contributed by atoms with van der Waals surface area (Å²) in [4.78, 5) is 57.4. The smallest absolute Gasteiger partial charge is 0.341 e. The number of aryl methyl sites for hydroxylation is 2. The summed E-state index contributed by atoms with van der Waals surface area (Å²) in [6.07, 6.45) is 3.00. The lowest BCUT2D eigenvalue weighted by molar-refractivity contribution is -0.112. The molecular weight excluding hydrogens is 754 g/mol. The number of anilines is 3. The quantitative estimate of drug-likeness (QED) is 0.185. The number of halogens is 2. The van der Waals surface area contributed by atoms with Gasteiger partial charge in [0, 0.05) is 62.2 Å². The SMILES string of the molecule is CCn1cc(C(=O)O)c(=O)c2cc(F)c(N3CCN(CN4C(=O)/C(=N/c5ncc(Cc6cc(OC)c(OC)c(OC)c6)c(N)n5)c5cc(C)ccc54)C(C)C3)c(F)c21. The topological polar surface area (TPSA) is 178 Å². The second-order valence-corrected chi connectivity index (χ2v) is 14.1. The van der Waals surface area contributed by atoms with E-state index < -0.39 is 28.6 Å². The molecule has 15 nitrogen and oxygen atoms in total. The molecule has 17 heteroatoms. The average molecular weight is 797 g/mol. The number of hydrogen-bond donors (Lipinski definition) is 2. The molecule has 1 fully saturated rings. The Morgan fingerprint density at radius 3 is 2.40 bits per heavy atom. The van der Waals surface area contributed by atoms with Crippen molar-refractivity contribution < 1.29 is 37.7 Å². The minimum Gasteiger partial charge on any atom is -0.493 e. The molecule has 5 aromatic rings. The van der Waals surface area contributed by atoms with Gasteiger partial charge in [-0.05, 0) is 56.7 Å². The van der Waals surface area contributed by atoms with Gasteiger partial charge in [-0.1, -0.05) is 11.6 Å². The number of amides is 1. The highest BCUT2D eigenvalue weighted by Gasteiger charge is 2.38. The first kappa shape index (κ1) is 39.6. The van der Waals surface area contributed by atoms with E-state index in [0.717, 1.165) is 23.4 Å². The second-order valence-electron chi connectivity index (χ2n) is 14.1. The molecule has 2 aliphatic heterocycles. The van der Waals surface area contributed by atoms with Crippen LogP contribution in [0.4, 0.5) is 31.9 Å². The van der Waals surface area contributed by atoms with Crippen molar-refractivity contribution in [2.45, 2.75) is 39.8 Å². The summed E-state index contributed by atoms with van der Waals surface area (Å²) >= 11 is 0. The number of hydrogen-bond acceptors (Lipinski definition) is 12. The Labute approximate surface area is 331 Å². The number of aromatic carboxylic acids is 1. The molecule has 58 heavy (non-hydrogen) atoms. The molecule has 0 aliphatic carbocycles. The molecule has 0 bridgehead atoms. The third-order valence-electron chi connectivity index (χ3n) is 10.6. The van der Waals surface area contributed by atoms with Crippen LogP contribution in [0.25, 0.3) is 10.9 Å². The number of piperazine rings is 1. The maximum atomic E-state index is 16.2. The van der Waals surface area contributed by atoms with Crippen LogP contribution in [0.1, 0.15) is 46.5 Å². The molecule has 0 radical (unpaired) electrons. The summed E-state index contributed by atoms with van der Waals surface area (Å²) < 4.78 is 49.6. The Kier molecular flexibility index (Phi) is 10.7. The summed E-state index contributed by atoms with van der Waals surface area (Å²) in [5, 5.41) is 9.15. The number of aromatic nitrogens is 3. The van der Waals surface area contributed by atoms with Crippen LogP contribution >= 0.6 is 0 Å². The van der Waals surface area contributed by atoms with Crippen LogP contribution < -0.4 is 35.2 Å². The van der Waals surface area contributed by atoms with Crippen LogP contribution in [0, 0.1) is 18.6 Å². The fraction of sp³-hybridized carbons (Fsp3) is 0.317. The number of pyridine rings is 1. The molecule has 7 rings (SSSR count).